The van der Waals surface area contributed by atoms with E-state index in [1.807, 2.05) is 0 Å². The quantitative estimate of drug-likeness (QED) is 0.888. The number of hydrogen-bond acceptors (Lipinski definition) is 5. The number of nitrogens with one attached hydrogen (secondary N) is 1. The number of anilines is 1. The van der Waals surface area contributed by atoms with Gasteiger partial charge in [0.2, 0.25) is 0 Å². The molecule has 1 saturated heterocycles. The number of urea groups is 1. The van der Waals surface area contributed by atoms with Crippen LogP contribution < -0.4 is 5.32 Å². The van der Waals surface area contributed by atoms with Crippen molar-refractivity contribution in [2.75, 3.05) is 23.4 Å². The summed E-state index contributed by atoms with van der Waals surface area (Å²) in [6.45, 7) is 0.583. The van der Waals surface area contributed by atoms with Crippen LogP contribution in [-0.2, 0) is 17.6 Å². The Kier molecular flexibility index (Phi) is 4.34. The summed E-state index contributed by atoms with van der Waals surface area (Å²) in [7, 11) is 0. The molecule has 2 heterocycles. The predicted molar refractivity (Wildman–Crippen MR) is 83.2 cm³/mol. The van der Waals surface area contributed by atoms with Gasteiger partial charge in [-0.15, -0.1) is 11.3 Å². The molecule has 1 aliphatic heterocycles. The van der Waals surface area contributed by atoms with Crippen LogP contribution in [0.1, 0.15) is 23.4 Å². The highest BCUT2D eigenvalue weighted by atomic mass is 32.2. The number of thioether (sulfide) groups is 1. The Labute approximate surface area is 130 Å². The molecular weight excluding hydrogens is 310 g/mol. The predicted octanol–water partition coefficient (Wildman–Crippen LogP) is 2.06. The van der Waals surface area contributed by atoms with Crippen LogP contribution in [0.15, 0.2) is 0 Å². The van der Waals surface area contributed by atoms with E-state index < -0.39 is 5.97 Å². The van der Waals surface area contributed by atoms with Gasteiger partial charge in [-0.2, -0.15) is 11.8 Å². The Morgan fingerprint density at radius 2 is 2.29 bits per heavy atom. The molecule has 2 aliphatic rings. The number of carboxylic acids is 1. The number of aromatic nitrogens is 1. The smallest absolute Gasteiger partial charge is 0.323 e. The molecule has 6 nitrogen and oxygen atoms in total. The van der Waals surface area contributed by atoms with Gasteiger partial charge >= 0.3 is 12.0 Å². The van der Waals surface area contributed by atoms with Crippen LogP contribution in [0.4, 0.5) is 9.93 Å². The maximum atomic E-state index is 12.4. The van der Waals surface area contributed by atoms with Gasteiger partial charge in [-0.1, -0.05) is 0 Å². The number of hydrogen-bond donors (Lipinski definition) is 2. The first-order chi connectivity index (χ1) is 10.1. The summed E-state index contributed by atoms with van der Waals surface area (Å²) >= 11 is 3.23. The van der Waals surface area contributed by atoms with Crippen LogP contribution >= 0.6 is 23.1 Å². The first kappa shape index (κ1) is 14.6. The van der Waals surface area contributed by atoms with Gasteiger partial charge in [0, 0.05) is 22.9 Å². The first-order valence-electron chi connectivity index (χ1n) is 6.99. The van der Waals surface area contributed by atoms with Crippen molar-refractivity contribution in [3.05, 3.63) is 10.6 Å². The van der Waals surface area contributed by atoms with Crippen molar-refractivity contribution in [1.82, 2.24) is 9.88 Å². The summed E-state index contributed by atoms with van der Waals surface area (Å²) in [5.41, 5.74) is 1.10. The van der Waals surface area contributed by atoms with Crippen molar-refractivity contribution in [2.45, 2.75) is 31.7 Å². The Morgan fingerprint density at radius 3 is 3.05 bits per heavy atom. The lowest BCUT2D eigenvalue weighted by Gasteiger charge is -2.34. The summed E-state index contributed by atoms with van der Waals surface area (Å²) in [4.78, 5) is 30.6. The fraction of sp³-hybridized carbons (Fsp3) is 0.615. The van der Waals surface area contributed by atoms with Crippen molar-refractivity contribution < 1.29 is 14.7 Å². The van der Waals surface area contributed by atoms with Crippen LogP contribution in [0.25, 0.3) is 0 Å². The number of rotatable bonds is 3. The largest absolute Gasteiger partial charge is 0.481 e. The molecule has 8 heteroatoms. The highest BCUT2D eigenvalue weighted by molar-refractivity contribution is 7.99. The normalized spacial score (nSPS) is 21.1. The minimum atomic E-state index is -0.867. The summed E-state index contributed by atoms with van der Waals surface area (Å²) in [5, 5.41) is 12.4. The van der Waals surface area contributed by atoms with E-state index in [0.29, 0.717) is 17.4 Å². The molecule has 0 saturated carbocycles. The molecule has 21 heavy (non-hydrogen) atoms. The van der Waals surface area contributed by atoms with Crippen LogP contribution in [-0.4, -0.2) is 51.1 Å². The number of carbonyl (C=O) groups is 2. The Morgan fingerprint density at radius 1 is 1.43 bits per heavy atom. The van der Waals surface area contributed by atoms with Crippen LogP contribution in [0.2, 0.25) is 0 Å². The Bertz CT molecular complexity index is 539. The van der Waals surface area contributed by atoms with Crippen LogP contribution in [0.3, 0.4) is 0 Å². The molecule has 2 amide bonds. The van der Waals surface area contributed by atoms with E-state index in [1.54, 1.807) is 16.7 Å². The van der Waals surface area contributed by atoms with Crippen molar-refractivity contribution in [3.8, 4) is 0 Å². The number of thiazole rings is 1. The van der Waals surface area contributed by atoms with Crippen molar-refractivity contribution in [2.24, 2.45) is 0 Å². The van der Waals surface area contributed by atoms with E-state index >= 15 is 0 Å². The summed E-state index contributed by atoms with van der Waals surface area (Å²) in [5.74, 6) is 0.653. The topological polar surface area (TPSA) is 82.5 Å². The highest BCUT2D eigenvalue weighted by Crippen LogP contribution is 2.31. The van der Waals surface area contributed by atoms with E-state index in [2.05, 4.69) is 10.3 Å². The van der Waals surface area contributed by atoms with Gasteiger partial charge < -0.3 is 10.0 Å². The second kappa shape index (κ2) is 6.23. The van der Waals surface area contributed by atoms with Gasteiger partial charge in [0.25, 0.3) is 0 Å². The molecule has 2 N–H and O–H groups in total. The summed E-state index contributed by atoms with van der Waals surface area (Å²) in [6.07, 6.45) is 3.18. The molecule has 1 unspecified atom stereocenters. The van der Waals surface area contributed by atoms with E-state index in [-0.39, 0.29) is 18.5 Å². The van der Waals surface area contributed by atoms with E-state index in [9.17, 15) is 9.59 Å². The molecule has 114 valence electrons. The fourth-order valence-corrected chi connectivity index (χ4v) is 4.80. The lowest BCUT2D eigenvalue weighted by atomic mass is 10.2. The third-order valence-corrected chi connectivity index (χ3v) is 5.87. The van der Waals surface area contributed by atoms with Crippen LogP contribution in [0, 0.1) is 0 Å². The molecular formula is C13H17N3O3S2. The SMILES string of the molecule is O=C(O)CC1CSCCN1C(=O)Nc1nc2c(s1)CCC2. The molecule has 0 aromatic carbocycles. The van der Waals surface area contributed by atoms with E-state index in [0.717, 1.165) is 30.7 Å². The molecule has 1 aromatic heterocycles. The molecule has 3 rings (SSSR count). The van der Waals surface area contributed by atoms with E-state index in [1.165, 1.54) is 16.2 Å². The second-order valence-corrected chi connectivity index (χ2v) is 7.43. The first-order valence-corrected chi connectivity index (χ1v) is 8.96. The highest BCUT2D eigenvalue weighted by Gasteiger charge is 2.29. The third kappa shape index (κ3) is 3.32. The summed E-state index contributed by atoms with van der Waals surface area (Å²) < 4.78 is 0. The lowest BCUT2D eigenvalue weighted by molar-refractivity contribution is -0.137. The van der Waals surface area contributed by atoms with E-state index in [4.69, 9.17) is 5.11 Å². The molecule has 1 aliphatic carbocycles. The van der Waals surface area contributed by atoms with Crippen molar-refractivity contribution >= 4 is 40.2 Å². The molecule has 1 aromatic rings. The van der Waals surface area contributed by atoms with Gasteiger partial charge in [0.15, 0.2) is 5.13 Å². The molecule has 0 bridgehead atoms. The minimum absolute atomic E-state index is 0.00517. The number of carbonyl (C=O) groups excluding carboxylic acids is 1. The maximum Gasteiger partial charge on any atom is 0.323 e. The zero-order chi connectivity index (χ0) is 14.8. The van der Waals surface area contributed by atoms with Crippen LogP contribution in [0.5, 0.6) is 0 Å². The third-order valence-electron chi connectivity index (χ3n) is 3.71. The molecule has 0 spiro atoms. The van der Waals surface area contributed by atoms with Gasteiger partial charge in [0.05, 0.1) is 18.2 Å². The van der Waals surface area contributed by atoms with Gasteiger partial charge in [-0.3, -0.25) is 10.1 Å². The number of fused-ring (bicyclic) bond motifs is 1. The van der Waals surface area contributed by atoms with Gasteiger partial charge in [0.1, 0.15) is 0 Å². The molecule has 1 fully saturated rings. The van der Waals surface area contributed by atoms with Gasteiger partial charge in [-0.25, -0.2) is 9.78 Å². The molecule has 1 atom stereocenters. The lowest BCUT2D eigenvalue weighted by Crippen LogP contribution is -2.48. The monoisotopic (exact) mass is 327 g/mol. The second-order valence-electron chi connectivity index (χ2n) is 5.19. The number of nitrogens with zero attached hydrogens (tertiary/aromatic N) is 2. The minimum Gasteiger partial charge on any atom is -0.481 e. The average molecular weight is 327 g/mol. The zero-order valence-electron chi connectivity index (χ0n) is 11.5. The molecule has 0 radical (unpaired) electrons. The maximum absolute atomic E-state index is 12.4. The Hall–Kier alpha value is -1.28. The zero-order valence-corrected chi connectivity index (χ0v) is 13.1. The van der Waals surface area contributed by atoms with Crippen molar-refractivity contribution in [1.29, 1.82) is 0 Å². The Balaban J connectivity index is 1.66. The van der Waals surface area contributed by atoms with Gasteiger partial charge in [-0.05, 0) is 19.3 Å². The number of amides is 2. The number of carboxylic acid groups (broad SMARTS) is 1. The summed E-state index contributed by atoms with van der Waals surface area (Å²) in [6, 6.07) is -0.470. The fourth-order valence-electron chi connectivity index (χ4n) is 2.70. The standard InChI is InChI=1S/C13H17N3O3S2/c17-11(18)6-8-7-20-5-4-16(8)13(19)15-12-14-9-2-1-3-10(9)21-12/h8H,1-7H2,(H,17,18)(H,14,15,19). The number of aliphatic carboxylic acids is 1. The number of aryl methyl sites for hydroxylation is 2. The van der Waals surface area contributed by atoms with Crippen molar-refractivity contribution in [3.63, 3.8) is 0 Å². The average Bonchev–Trinajstić information content (AvgIpc) is 2.99.